The molecular weight excluding hydrogens is 260 g/mol. The van der Waals surface area contributed by atoms with E-state index in [0.29, 0.717) is 6.42 Å². The highest BCUT2D eigenvalue weighted by Gasteiger charge is 2.17. The first-order valence-electron chi connectivity index (χ1n) is 7.60. The molecule has 1 aliphatic heterocycles. The van der Waals surface area contributed by atoms with Crippen LogP contribution >= 0.6 is 0 Å². The molecule has 0 saturated carbocycles. The fourth-order valence-electron chi connectivity index (χ4n) is 2.80. The first-order valence-corrected chi connectivity index (χ1v) is 7.60. The first-order chi connectivity index (χ1) is 10.3. The number of carbonyl (C=O) groups is 1. The number of nitrogens with one attached hydrogen (secondary N) is 1. The second kappa shape index (κ2) is 6.08. The lowest BCUT2D eigenvalue weighted by Gasteiger charge is -2.20. The highest BCUT2D eigenvalue weighted by molar-refractivity contribution is 6.00. The summed E-state index contributed by atoms with van der Waals surface area (Å²) in [5.74, 6) is 0.160. The second-order valence-electron chi connectivity index (χ2n) is 5.47. The van der Waals surface area contributed by atoms with Crippen LogP contribution in [0.5, 0.6) is 0 Å². The number of rotatable bonds is 4. The molecule has 1 aliphatic rings. The van der Waals surface area contributed by atoms with E-state index in [4.69, 9.17) is 0 Å². The summed E-state index contributed by atoms with van der Waals surface area (Å²) in [6, 6.07) is 9.97. The molecule has 0 bridgehead atoms. The zero-order chi connectivity index (χ0) is 14.7. The number of benzene rings is 1. The van der Waals surface area contributed by atoms with Crippen molar-refractivity contribution < 1.29 is 4.79 Å². The van der Waals surface area contributed by atoms with Crippen LogP contribution in [0, 0.1) is 0 Å². The third kappa shape index (κ3) is 2.97. The Hall–Kier alpha value is -2.16. The van der Waals surface area contributed by atoms with Gasteiger partial charge in [0.25, 0.3) is 0 Å². The average Bonchev–Trinajstić information content (AvgIpc) is 2.55. The summed E-state index contributed by atoms with van der Waals surface area (Å²) in [7, 11) is 0. The van der Waals surface area contributed by atoms with Crippen LogP contribution in [-0.4, -0.2) is 17.3 Å². The Morgan fingerprint density at radius 1 is 1.29 bits per heavy atom. The van der Waals surface area contributed by atoms with E-state index in [0.717, 1.165) is 42.8 Å². The van der Waals surface area contributed by atoms with Gasteiger partial charge < -0.3 is 5.32 Å². The molecule has 1 aromatic heterocycles. The zero-order valence-electron chi connectivity index (χ0n) is 12.4. The van der Waals surface area contributed by atoms with Gasteiger partial charge in [-0.15, -0.1) is 0 Å². The third-order valence-electron chi connectivity index (χ3n) is 4.03. The number of pyridine rings is 1. The predicted octanol–water partition coefficient (Wildman–Crippen LogP) is 3.43. The molecule has 3 heteroatoms. The van der Waals surface area contributed by atoms with Crippen molar-refractivity contribution in [1.82, 2.24) is 4.98 Å². The number of carbonyl (C=O) groups excluding carboxylic acids is 1. The van der Waals surface area contributed by atoms with E-state index in [9.17, 15) is 4.79 Å². The standard InChI is InChI=1S/C18H20N2O/c1-2-13-8-9-14(20-12-13)11-18(21)16-5-3-7-17-15(16)6-4-10-19-17/h3,5,7-9,12,19H,2,4,6,10-11H2,1H3. The summed E-state index contributed by atoms with van der Waals surface area (Å²) >= 11 is 0. The summed E-state index contributed by atoms with van der Waals surface area (Å²) in [5, 5.41) is 3.37. The van der Waals surface area contributed by atoms with Gasteiger partial charge in [0.05, 0.1) is 6.42 Å². The SMILES string of the molecule is CCc1ccc(CC(=O)c2cccc3c2CCCN3)nc1. The van der Waals surface area contributed by atoms with Crippen LogP contribution in [0.4, 0.5) is 5.69 Å². The van der Waals surface area contributed by atoms with Crippen LogP contribution in [0.15, 0.2) is 36.5 Å². The number of anilines is 1. The number of Topliss-reactive ketones (excluding diaryl/α,β-unsaturated/α-hetero) is 1. The number of hydrogen-bond donors (Lipinski definition) is 1. The molecule has 108 valence electrons. The summed E-state index contributed by atoms with van der Waals surface area (Å²) in [6.45, 7) is 3.09. The van der Waals surface area contributed by atoms with Crippen LogP contribution in [0.25, 0.3) is 0 Å². The second-order valence-corrected chi connectivity index (χ2v) is 5.47. The molecule has 21 heavy (non-hydrogen) atoms. The first kappa shape index (κ1) is 13.8. The lowest BCUT2D eigenvalue weighted by molar-refractivity contribution is 0.0991. The van der Waals surface area contributed by atoms with E-state index in [1.165, 1.54) is 11.1 Å². The quantitative estimate of drug-likeness (QED) is 0.872. The van der Waals surface area contributed by atoms with Crippen molar-refractivity contribution >= 4 is 11.5 Å². The van der Waals surface area contributed by atoms with Crippen molar-refractivity contribution in [1.29, 1.82) is 0 Å². The number of nitrogens with zero attached hydrogens (tertiary/aromatic N) is 1. The minimum atomic E-state index is 0.160. The molecule has 0 atom stereocenters. The van der Waals surface area contributed by atoms with Crippen molar-refractivity contribution in [3.63, 3.8) is 0 Å². The number of ketones is 1. The molecular formula is C18H20N2O. The van der Waals surface area contributed by atoms with Gasteiger partial charge in [-0.3, -0.25) is 9.78 Å². The minimum absolute atomic E-state index is 0.160. The average molecular weight is 280 g/mol. The highest BCUT2D eigenvalue weighted by atomic mass is 16.1. The van der Waals surface area contributed by atoms with Crippen molar-refractivity contribution in [2.75, 3.05) is 11.9 Å². The van der Waals surface area contributed by atoms with E-state index in [-0.39, 0.29) is 5.78 Å². The van der Waals surface area contributed by atoms with Crippen molar-refractivity contribution in [3.05, 3.63) is 58.9 Å². The van der Waals surface area contributed by atoms with Gasteiger partial charge in [0.15, 0.2) is 5.78 Å². The molecule has 0 aliphatic carbocycles. The lowest BCUT2D eigenvalue weighted by atomic mass is 9.93. The van der Waals surface area contributed by atoms with Crippen molar-refractivity contribution in [3.8, 4) is 0 Å². The molecule has 1 aromatic carbocycles. The smallest absolute Gasteiger partial charge is 0.169 e. The Morgan fingerprint density at radius 2 is 2.19 bits per heavy atom. The minimum Gasteiger partial charge on any atom is -0.385 e. The van der Waals surface area contributed by atoms with Gasteiger partial charge in [-0.2, -0.15) is 0 Å². The highest BCUT2D eigenvalue weighted by Crippen LogP contribution is 2.26. The van der Waals surface area contributed by atoms with Crippen LogP contribution < -0.4 is 5.32 Å². The van der Waals surface area contributed by atoms with Gasteiger partial charge in [0.1, 0.15) is 0 Å². The van der Waals surface area contributed by atoms with Gasteiger partial charge in [0, 0.05) is 29.7 Å². The molecule has 0 amide bonds. The van der Waals surface area contributed by atoms with E-state index < -0.39 is 0 Å². The largest absolute Gasteiger partial charge is 0.385 e. The van der Waals surface area contributed by atoms with Crippen molar-refractivity contribution in [2.45, 2.75) is 32.6 Å². The Bertz CT molecular complexity index is 647. The zero-order valence-corrected chi connectivity index (χ0v) is 12.4. The topological polar surface area (TPSA) is 42.0 Å². The van der Waals surface area contributed by atoms with Crippen LogP contribution in [-0.2, 0) is 19.3 Å². The Balaban J connectivity index is 1.82. The van der Waals surface area contributed by atoms with E-state index in [1.54, 1.807) is 0 Å². The molecule has 0 fully saturated rings. The van der Waals surface area contributed by atoms with Crippen molar-refractivity contribution in [2.24, 2.45) is 0 Å². The molecule has 0 spiro atoms. The van der Waals surface area contributed by atoms with Gasteiger partial charge in [0.2, 0.25) is 0 Å². The maximum Gasteiger partial charge on any atom is 0.169 e. The van der Waals surface area contributed by atoms with Gasteiger partial charge in [-0.05, 0) is 42.5 Å². The molecule has 1 N–H and O–H groups in total. The van der Waals surface area contributed by atoms with E-state index in [1.807, 2.05) is 24.4 Å². The molecule has 3 nitrogen and oxygen atoms in total. The molecule has 0 saturated heterocycles. The fourth-order valence-corrected chi connectivity index (χ4v) is 2.80. The monoisotopic (exact) mass is 280 g/mol. The number of hydrogen-bond acceptors (Lipinski definition) is 3. The maximum atomic E-state index is 12.6. The number of aryl methyl sites for hydroxylation is 1. The molecule has 2 heterocycles. The van der Waals surface area contributed by atoms with Crippen LogP contribution in [0.3, 0.4) is 0 Å². The molecule has 3 rings (SSSR count). The summed E-state index contributed by atoms with van der Waals surface area (Å²) in [5.41, 5.74) is 5.17. The van der Waals surface area contributed by atoms with Crippen LogP contribution in [0.1, 0.15) is 40.5 Å². The fraction of sp³-hybridized carbons (Fsp3) is 0.333. The molecule has 2 aromatic rings. The van der Waals surface area contributed by atoms with Crippen LogP contribution in [0.2, 0.25) is 0 Å². The normalized spacial score (nSPS) is 13.4. The van der Waals surface area contributed by atoms with E-state index >= 15 is 0 Å². The lowest BCUT2D eigenvalue weighted by Crippen LogP contribution is -2.16. The summed E-state index contributed by atoms with van der Waals surface area (Å²) < 4.78 is 0. The number of aromatic nitrogens is 1. The van der Waals surface area contributed by atoms with Gasteiger partial charge >= 0.3 is 0 Å². The third-order valence-corrected chi connectivity index (χ3v) is 4.03. The molecule has 0 unspecified atom stereocenters. The Kier molecular flexibility index (Phi) is 4.00. The van der Waals surface area contributed by atoms with Gasteiger partial charge in [-0.25, -0.2) is 0 Å². The Labute approximate surface area is 125 Å². The Morgan fingerprint density at radius 3 is 2.95 bits per heavy atom. The van der Waals surface area contributed by atoms with Gasteiger partial charge in [-0.1, -0.05) is 25.1 Å². The summed E-state index contributed by atoms with van der Waals surface area (Å²) in [4.78, 5) is 17.0. The molecule has 0 radical (unpaired) electrons. The predicted molar refractivity (Wildman–Crippen MR) is 84.9 cm³/mol. The van der Waals surface area contributed by atoms with E-state index in [2.05, 4.69) is 29.4 Å². The maximum absolute atomic E-state index is 12.6. The number of fused-ring (bicyclic) bond motifs is 1. The summed E-state index contributed by atoms with van der Waals surface area (Å²) in [6.07, 6.45) is 5.28.